The summed E-state index contributed by atoms with van der Waals surface area (Å²) in [5.74, 6) is 5.90. The minimum absolute atomic E-state index is 0.373. The standard InChI is InChI=1S/C40H62O4/c1-9-11-19-33-21-15-13-17-29(3)24-32-27-37(43-7)40(38(28-32)44-8)34(20-12-10-2)22-16-14-18-30(4)23-31-25-35(41-5)39(33)36(26-31)42-6/h13,15,25-30,33-34H,9-12,14,16-24H2,1-8H3/b15-13+/t29-,30-,33-,34-/m0/s1. The molecule has 44 heavy (non-hydrogen) atoms. The van der Waals surface area contributed by atoms with E-state index in [-0.39, 0.29) is 0 Å². The van der Waals surface area contributed by atoms with E-state index in [9.17, 15) is 0 Å². The summed E-state index contributed by atoms with van der Waals surface area (Å²) < 4.78 is 24.2. The van der Waals surface area contributed by atoms with Crippen LogP contribution in [0.2, 0.25) is 0 Å². The molecule has 0 aliphatic heterocycles. The summed E-state index contributed by atoms with van der Waals surface area (Å²) in [5, 5.41) is 0. The molecular formula is C40H62O4. The van der Waals surface area contributed by atoms with Crippen molar-refractivity contribution in [1.29, 1.82) is 0 Å². The van der Waals surface area contributed by atoms with Crippen molar-refractivity contribution in [2.24, 2.45) is 11.8 Å². The Morgan fingerprint density at radius 1 is 0.568 bits per heavy atom. The summed E-state index contributed by atoms with van der Waals surface area (Å²) in [4.78, 5) is 0. The Morgan fingerprint density at radius 3 is 1.50 bits per heavy atom. The average molecular weight is 607 g/mol. The second-order valence-electron chi connectivity index (χ2n) is 13.4. The molecule has 246 valence electrons. The molecule has 0 amide bonds. The fourth-order valence-corrected chi connectivity index (χ4v) is 7.20. The number of methoxy groups -OCH3 is 4. The molecule has 4 bridgehead atoms. The fraction of sp³-hybridized carbons (Fsp3) is 0.650. The molecule has 0 aromatic heterocycles. The molecular weight excluding hydrogens is 544 g/mol. The average Bonchev–Trinajstić information content (AvgIpc) is 3.03. The summed E-state index contributed by atoms with van der Waals surface area (Å²) in [6.45, 7) is 9.29. The van der Waals surface area contributed by atoms with Crippen molar-refractivity contribution in [2.45, 2.75) is 129 Å². The Morgan fingerprint density at radius 2 is 1.00 bits per heavy atom. The molecule has 0 spiro atoms. The Balaban J connectivity index is 1.98. The van der Waals surface area contributed by atoms with Crippen molar-refractivity contribution in [3.8, 4) is 23.0 Å². The molecule has 0 saturated heterocycles. The number of rotatable bonds is 10. The summed E-state index contributed by atoms with van der Waals surface area (Å²) in [7, 11) is 7.27. The first-order valence-corrected chi connectivity index (χ1v) is 17.5. The maximum absolute atomic E-state index is 6.06. The molecule has 0 saturated carbocycles. The quantitative estimate of drug-likeness (QED) is 0.252. The smallest absolute Gasteiger partial charge is 0.126 e. The molecule has 0 heterocycles. The molecule has 4 aliphatic rings. The van der Waals surface area contributed by atoms with E-state index in [1.165, 1.54) is 73.6 Å². The van der Waals surface area contributed by atoms with E-state index in [0.717, 1.165) is 61.5 Å². The number of ether oxygens (including phenoxy) is 4. The van der Waals surface area contributed by atoms with Crippen LogP contribution in [0.5, 0.6) is 23.0 Å². The second-order valence-corrected chi connectivity index (χ2v) is 13.4. The molecule has 0 fully saturated rings. The van der Waals surface area contributed by atoms with Gasteiger partial charge in [-0.2, -0.15) is 0 Å². The van der Waals surface area contributed by atoms with E-state index in [2.05, 4.69) is 64.1 Å². The van der Waals surface area contributed by atoms with Gasteiger partial charge in [-0.15, -0.1) is 0 Å². The zero-order valence-corrected chi connectivity index (χ0v) is 29.3. The van der Waals surface area contributed by atoms with Gasteiger partial charge in [0.2, 0.25) is 0 Å². The molecule has 4 nitrogen and oxygen atoms in total. The lowest BCUT2D eigenvalue weighted by Crippen LogP contribution is -2.08. The van der Waals surface area contributed by atoms with Gasteiger partial charge in [0.25, 0.3) is 0 Å². The van der Waals surface area contributed by atoms with Crippen LogP contribution in [0, 0.1) is 11.8 Å². The minimum atomic E-state index is 0.373. The van der Waals surface area contributed by atoms with Gasteiger partial charge in [0.15, 0.2) is 0 Å². The number of hydrogen-bond acceptors (Lipinski definition) is 4. The SMILES string of the molecule is CCCC[C@H]1CCCC[C@H](C)Cc2cc(OC)c(c(OC)c2)[C@@H](CCCC)C/C=C/C[C@H](C)Cc2cc(OC)c1c(OC)c2. The highest BCUT2D eigenvalue weighted by molar-refractivity contribution is 5.51. The molecule has 0 unspecified atom stereocenters. The van der Waals surface area contributed by atoms with Crippen molar-refractivity contribution >= 4 is 0 Å². The van der Waals surface area contributed by atoms with Crippen molar-refractivity contribution in [1.82, 2.24) is 0 Å². The van der Waals surface area contributed by atoms with E-state index in [0.29, 0.717) is 23.7 Å². The van der Waals surface area contributed by atoms with E-state index in [1.54, 1.807) is 0 Å². The summed E-state index contributed by atoms with van der Waals surface area (Å²) in [6.07, 6.45) is 20.7. The van der Waals surface area contributed by atoms with Gasteiger partial charge in [0.05, 0.1) is 28.4 Å². The first-order valence-electron chi connectivity index (χ1n) is 17.5. The molecule has 4 heteroatoms. The Bertz CT molecular complexity index is 1100. The molecule has 4 atom stereocenters. The van der Waals surface area contributed by atoms with Gasteiger partial charge in [-0.05, 0) is 104 Å². The molecule has 6 rings (SSSR count). The highest BCUT2D eigenvalue weighted by atomic mass is 16.5. The van der Waals surface area contributed by atoms with Gasteiger partial charge in [-0.3, -0.25) is 0 Å². The Labute approximate surface area is 269 Å². The van der Waals surface area contributed by atoms with Gasteiger partial charge in [-0.25, -0.2) is 0 Å². The number of allylic oxidation sites excluding steroid dienone is 2. The maximum Gasteiger partial charge on any atom is 0.126 e. The molecule has 0 N–H and O–H groups in total. The number of hydrogen-bond donors (Lipinski definition) is 0. The van der Waals surface area contributed by atoms with Crippen molar-refractivity contribution < 1.29 is 18.9 Å². The van der Waals surface area contributed by atoms with Crippen molar-refractivity contribution in [3.63, 3.8) is 0 Å². The van der Waals surface area contributed by atoms with Crippen LogP contribution in [0.4, 0.5) is 0 Å². The maximum atomic E-state index is 6.06. The van der Waals surface area contributed by atoms with Crippen LogP contribution in [0.25, 0.3) is 0 Å². The van der Waals surface area contributed by atoms with E-state index in [4.69, 9.17) is 18.9 Å². The van der Waals surface area contributed by atoms with E-state index >= 15 is 0 Å². The topological polar surface area (TPSA) is 36.9 Å². The number of unbranched alkanes of at least 4 members (excludes halogenated alkanes) is 2. The monoisotopic (exact) mass is 606 g/mol. The van der Waals surface area contributed by atoms with Crippen molar-refractivity contribution in [2.75, 3.05) is 28.4 Å². The summed E-state index contributed by atoms with van der Waals surface area (Å²) in [5.41, 5.74) is 5.11. The van der Waals surface area contributed by atoms with Crippen LogP contribution in [0.1, 0.15) is 139 Å². The van der Waals surface area contributed by atoms with Crippen LogP contribution in [0.15, 0.2) is 36.4 Å². The lowest BCUT2D eigenvalue weighted by atomic mass is 9.84. The number of benzene rings is 2. The minimum Gasteiger partial charge on any atom is -0.496 e. The van der Waals surface area contributed by atoms with E-state index < -0.39 is 0 Å². The van der Waals surface area contributed by atoms with Gasteiger partial charge >= 0.3 is 0 Å². The Hall–Kier alpha value is -2.62. The third-order valence-corrected chi connectivity index (χ3v) is 9.63. The normalized spacial score (nSPS) is 22.5. The van der Waals surface area contributed by atoms with Crippen LogP contribution >= 0.6 is 0 Å². The highest BCUT2D eigenvalue weighted by Crippen LogP contribution is 2.43. The third kappa shape index (κ3) is 10.2. The fourth-order valence-electron chi connectivity index (χ4n) is 7.20. The lowest BCUT2D eigenvalue weighted by molar-refractivity contribution is 0.366. The summed E-state index contributed by atoms with van der Waals surface area (Å²) >= 11 is 0. The first kappa shape index (κ1) is 35.9. The largest absolute Gasteiger partial charge is 0.496 e. The Kier molecular flexibility index (Phi) is 15.5. The van der Waals surface area contributed by atoms with Crippen LogP contribution < -0.4 is 18.9 Å². The third-order valence-electron chi connectivity index (χ3n) is 9.63. The molecule has 2 aromatic carbocycles. The summed E-state index contributed by atoms with van der Waals surface area (Å²) in [6, 6.07) is 9.14. The second kappa shape index (κ2) is 19.0. The predicted octanol–water partition coefficient (Wildman–Crippen LogP) is 11.2. The molecule has 4 aliphatic carbocycles. The lowest BCUT2D eigenvalue weighted by Gasteiger charge is -2.25. The molecule has 0 radical (unpaired) electrons. The van der Waals surface area contributed by atoms with Gasteiger partial charge < -0.3 is 18.9 Å². The van der Waals surface area contributed by atoms with E-state index in [1.807, 2.05) is 28.4 Å². The van der Waals surface area contributed by atoms with Crippen LogP contribution in [-0.2, 0) is 12.8 Å². The first-order chi connectivity index (χ1) is 21.4. The van der Waals surface area contributed by atoms with Gasteiger partial charge in [-0.1, -0.05) is 84.8 Å². The van der Waals surface area contributed by atoms with Crippen molar-refractivity contribution in [3.05, 3.63) is 58.7 Å². The zero-order chi connectivity index (χ0) is 31.9. The predicted molar refractivity (Wildman–Crippen MR) is 186 cm³/mol. The van der Waals surface area contributed by atoms with Gasteiger partial charge in [0.1, 0.15) is 23.0 Å². The highest BCUT2D eigenvalue weighted by Gasteiger charge is 2.24. The molecule has 2 aromatic rings. The van der Waals surface area contributed by atoms with Crippen LogP contribution in [-0.4, -0.2) is 28.4 Å². The zero-order valence-electron chi connectivity index (χ0n) is 29.3. The van der Waals surface area contributed by atoms with Gasteiger partial charge in [0, 0.05) is 11.1 Å². The van der Waals surface area contributed by atoms with Crippen LogP contribution in [0.3, 0.4) is 0 Å².